The Morgan fingerprint density at radius 2 is 1.83 bits per heavy atom. The Labute approximate surface area is 69.0 Å². The van der Waals surface area contributed by atoms with E-state index in [9.17, 15) is 13.6 Å². The molecule has 0 unspecified atom stereocenters. The summed E-state index contributed by atoms with van der Waals surface area (Å²) in [7, 11) is 0. The predicted octanol–water partition coefficient (Wildman–Crippen LogP) is 2.01. The van der Waals surface area contributed by atoms with Crippen molar-refractivity contribution in [2.75, 3.05) is 0 Å². The average molecular weight is 170 g/mol. The lowest BCUT2D eigenvalue weighted by atomic mass is 10.1. The molecule has 0 fully saturated rings. The fraction of sp³-hybridized carbons (Fsp3) is 0.222. The summed E-state index contributed by atoms with van der Waals surface area (Å²) in [6.45, 7) is 1.59. The summed E-state index contributed by atoms with van der Waals surface area (Å²) in [5.41, 5.74) is 0.357. The van der Waals surface area contributed by atoms with Crippen LogP contribution in [0.25, 0.3) is 0 Å². The highest BCUT2D eigenvalue weighted by Crippen LogP contribution is 2.14. The van der Waals surface area contributed by atoms with E-state index < -0.39 is 11.6 Å². The zero-order valence-corrected chi connectivity index (χ0v) is 6.60. The van der Waals surface area contributed by atoms with E-state index in [2.05, 4.69) is 0 Å². The van der Waals surface area contributed by atoms with Crippen LogP contribution in [0.3, 0.4) is 0 Å². The molecule has 0 aliphatic carbocycles. The summed E-state index contributed by atoms with van der Waals surface area (Å²) < 4.78 is 25.8. The Morgan fingerprint density at radius 1 is 1.33 bits per heavy atom. The van der Waals surface area contributed by atoms with Crippen molar-refractivity contribution in [1.29, 1.82) is 0 Å². The van der Waals surface area contributed by atoms with E-state index in [1.807, 2.05) is 0 Å². The normalized spacial score (nSPS) is 9.92. The van der Waals surface area contributed by atoms with Gasteiger partial charge in [0.2, 0.25) is 0 Å². The Kier molecular flexibility index (Phi) is 2.53. The number of carbonyl (C=O) groups is 1. The van der Waals surface area contributed by atoms with Gasteiger partial charge in [0.25, 0.3) is 0 Å². The third-order valence-corrected chi connectivity index (χ3v) is 1.57. The maximum Gasteiger partial charge on any atom is 0.130 e. The van der Waals surface area contributed by atoms with Gasteiger partial charge in [-0.15, -0.1) is 0 Å². The van der Waals surface area contributed by atoms with Crippen molar-refractivity contribution in [2.24, 2.45) is 0 Å². The molecule has 0 N–H and O–H groups in total. The molecule has 0 spiro atoms. The van der Waals surface area contributed by atoms with E-state index in [-0.39, 0.29) is 12.0 Å². The van der Waals surface area contributed by atoms with Crippen LogP contribution in [0, 0.1) is 18.6 Å². The molecule has 12 heavy (non-hydrogen) atoms. The number of aldehydes is 1. The minimum Gasteiger partial charge on any atom is -0.303 e. The van der Waals surface area contributed by atoms with Gasteiger partial charge in [-0.1, -0.05) is 0 Å². The Morgan fingerprint density at radius 3 is 2.25 bits per heavy atom. The van der Waals surface area contributed by atoms with Gasteiger partial charge in [0, 0.05) is 12.0 Å². The van der Waals surface area contributed by atoms with E-state index >= 15 is 0 Å². The van der Waals surface area contributed by atoms with Crippen LogP contribution in [-0.2, 0) is 11.2 Å². The molecule has 1 nitrogen and oxygen atoms in total. The Balaban J connectivity index is 3.18. The van der Waals surface area contributed by atoms with Crippen LogP contribution in [-0.4, -0.2) is 6.29 Å². The van der Waals surface area contributed by atoms with Crippen molar-refractivity contribution < 1.29 is 13.6 Å². The molecule has 0 saturated heterocycles. The van der Waals surface area contributed by atoms with Gasteiger partial charge in [-0.3, -0.25) is 0 Å². The first-order chi connectivity index (χ1) is 5.65. The van der Waals surface area contributed by atoms with Crippen LogP contribution >= 0.6 is 0 Å². The summed E-state index contributed by atoms with van der Waals surface area (Å²) in [6, 6.07) is 2.42. The first kappa shape index (κ1) is 8.84. The first-order valence-corrected chi connectivity index (χ1v) is 3.53. The van der Waals surface area contributed by atoms with E-state index in [4.69, 9.17) is 0 Å². The minimum atomic E-state index is -0.653. The molecular weight excluding hydrogens is 162 g/mol. The summed E-state index contributed by atoms with van der Waals surface area (Å²) >= 11 is 0. The summed E-state index contributed by atoms with van der Waals surface area (Å²) in [4.78, 5) is 10.0. The second-order valence-corrected chi connectivity index (χ2v) is 2.58. The molecule has 0 amide bonds. The summed E-state index contributed by atoms with van der Waals surface area (Å²) in [6.07, 6.45) is 0.273. The second-order valence-electron chi connectivity index (χ2n) is 2.58. The molecule has 0 heterocycles. The summed E-state index contributed by atoms with van der Waals surface area (Å²) in [5.74, 6) is -1.31. The molecule has 1 rings (SSSR count). The van der Waals surface area contributed by atoms with Crippen molar-refractivity contribution in [1.82, 2.24) is 0 Å². The monoisotopic (exact) mass is 170 g/mol. The van der Waals surface area contributed by atoms with Gasteiger partial charge >= 0.3 is 0 Å². The van der Waals surface area contributed by atoms with Crippen LogP contribution in [0.15, 0.2) is 12.1 Å². The average Bonchev–Trinajstić information content (AvgIpc) is 1.96. The van der Waals surface area contributed by atoms with Gasteiger partial charge in [0.1, 0.15) is 17.9 Å². The maximum absolute atomic E-state index is 12.9. The molecule has 64 valence electrons. The second kappa shape index (κ2) is 3.43. The van der Waals surface area contributed by atoms with Gasteiger partial charge in [-0.25, -0.2) is 8.78 Å². The number of rotatable bonds is 2. The van der Waals surface area contributed by atoms with Crippen LogP contribution < -0.4 is 0 Å². The third kappa shape index (κ3) is 1.67. The number of hydrogen-bond acceptors (Lipinski definition) is 1. The van der Waals surface area contributed by atoms with Gasteiger partial charge in [0.15, 0.2) is 0 Å². The van der Waals surface area contributed by atoms with Crippen LogP contribution in [0.1, 0.15) is 11.1 Å². The molecule has 0 aliphatic rings. The van der Waals surface area contributed by atoms with Gasteiger partial charge < -0.3 is 4.79 Å². The van der Waals surface area contributed by atoms with E-state index in [0.717, 1.165) is 0 Å². The van der Waals surface area contributed by atoms with Crippen molar-refractivity contribution in [3.05, 3.63) is 34.9 Å². The smallest absolute Gasteiger partial charge is 0.130 e. The quantitative estimate of drug-likeness (QED) is 0.620. The molecule has 0 aromatic heterocycles. The highest BCUT2D eigenvalue weighted by atomic mass is 19.1. The van der Waals surface area contributed by atoms with Crippen molar-refractivity contribution >= 4 is 6.29 Å². The molecule has 1 aromatic carbocycles. The van der Waals surface area contributed by atoms with Crippen LogP contribution in [0.2, 0.25) is 0 Å². The Bertz CT molecular complexity index is 284. The summed E-state index contributed by atoms with van der Waals surface area (Å²) in [5, 5.41) is 0. The molecular formula is C9H8F2O. The van der Waals surface area contributed by atoms with Crippen molar-refractivity contribution in [3.8, 4) is 0 Å². The zero-order chi connectivity index (χ0) is 9.14. The topological polar surface area (TPSA) is 17.1 Å². The molecule has 1 aromatic rings. The predicted molar refractivity (Wildman–Crippen MR) is 40.9 cm³/mol. The molecule has 0 atom stereocenters. The number of carbonyl (C=O) groups excluding carboxylic acids is 1. The molecule has 3 heteroatoms. The van der Waals surface area contributed by atoms with Gasteiger partial charge in [-0.05, 0) is 24.6 Å². The van der Waals surface area contributed by atoms with Gasteiger partial charge in [0.05, 0.1) is 0 Å². The van der Waals surface area contributed by atoms with Crippen molar-refractivity contribution in [3.63, 3.8) is 0 Å². The fourth-order valence-corrected chi connectivity index (χ4v) is 1.01. The minimum absolute atomic E-state index is 0.157. The lowest BCUT2D eigenvalue weighted by Gasteiger charge is -2.01. The lowest BCUT2D eigenvalue weighted by molar-refractivity contribution is -0.107. The van der Waals surface area contributed by atoms with Gasteiger partial charge in [-0.2, -0.15) is 0 Å². The zero-order valence-electron chi connectivity index (χ0n) is 6.60. The van der Waals surface area contributed by atoms with Crippen LogP contribution in [0.5, 0.6) is 0 Å². The molecule has 0 bridgehead atoms. The molecule has 0 aliphatic heterocycles. The number of halogens is 2. The largest absolute Gasteiger partial charge is 0.303 e. The van der Waals surface area contributed by atoms with E-state index in [0.29, 0.717) is 11.8 Å². The number of benzene rings is 1. The maximum atomic E-state index is 12.9. The number of aryl methyl sites for hydroxylation is 1. The van der Waals surface area contributed by atoms with E-state index in [1.54, 1.807) is 6.92 Å². The standard InChI is InChI=1S/C9H8F2O/c1-6-4-8(10)7(2-3-12)9(11)5-6/h3-5H,2H2,1H3. The van der Waals surface area contributed by atoms with E-state index in [1.165, 1.54) is 12.1 Å². The van der Waals surface area contributed by atoms with Crippen molar-refractivity contribution in [2.45, 2.75) is 13.3 Å². The number of hydrogen-bond donors (Lipinski definition) is 0. The SMILES string of the molecule is Cc1cc(F)c(CC=O)c(F)c1. The highest BCUT2D eigenvalue weighted by Gasteiger charge is 2.08. The lowest BCUT2D eigenvalue weighted by Crippen LogP contribution is -1.97. The Hall–Kier alpha value is -1.25. The third-order valence-electron chi connectivity index (χ3n) is 1.57. The fourth-order valence-electron chi connectivity index (χ4n) is 1.01. The highest BCUT2D eigenvalue weighted by molar-refractivity contribution is 5.55. The van der Waals surface area contributed by atoms with Crippen LogP contribution in [0.4, 0.5) is 8.78 Å². The molecule has 0 radical (unpaired) electrons. The molecule has 0 saturated carbocycles. The first-order valence-electron chi connectivity index (χ1n) is 3.53.